The fourth-order valence-electron chi connectivity index (χ4n) is 1.69. The zero-order valence-corrected chi connectivity index (χ0v) is 10.2. The van der Waals surface area contributed by atoms with Gasteiger partial charge in [0.25, 0.3) is 5.91 Å². The summed E-state index contributed by atoms with van der Waals surface area (Å²) >= 11 is 0. The lowest BCUT2D eigenvalue weighted by molar-refractivity contribution is 0.101. The van der Waals surface area contributed by atoms with Crippen LogP contribution in [0.4, 0.5) is 5.82 Å². The average molecular weight is 246 g/mol. The summed E-state index contributed by atoms with van der Waals surface area (Å²) in [5.41, 5.74) is 1.85. The normalized spacial score (nSPS) is 14.8. The van der Waals surface area contributed by atoms with Crippen molar-refractivity contribution in [1.29, 1.82) is 0 Å². The van der Waals surface area contributed by atoms with Gasteiger partial charge in [-0.15, -0.1) is 5.10 Å². The maximum atomic E-state index is 11.9. The number of aromatic nitrogens is 5. The van der Waals surface area contributed by atoms with E-state index in [-0.39, 0.29) is 11.7 Å². The van der Waals surface area contributed by atoms with Crippen LogP contribution in [-0.4, -0.2) is 31.3 Å². The van der Waals surface area contributed by atoms with Gasteiger partial charge in [-0.3, -0.25) is 15.0 Å². The number of aromatic amines is 2. The van der Waals surface area contributed by atoms with Crippen molar-refractivity contribution >= 4 is 11.7 Å². The Morgan fingerprint density at radius 3 is 2.67 bits per heavy atom. The van der Waals surface area contributed by atoms with Crippen LogP contribution in [-0.2, 0) is 0 Å². The Balaban J connectivity index is 1.75. The number of carbonyl (C=O) groups excluding carboxylic acids is 1. The molecular formula is C11H14N6O. The van der Waals surface area contributed by atoms with Gasteiger partial charge in [0.2, 0.25) is 5.82 Å². The summed E-state index contributed by atoms with van der Waals surface area (Å²) in [6, 6.07) is 0. The van der Waals surface area contributed by atoms with Crippen LogP contribution < -0.4 is 5.32 Å². The van der Waals surface area contributed by atoms with Gasteiger partial charge in [-0.1, -0.05) is 0 Å². The highest BCUT2D eigenvalue weighted by molar-refractivity contribution is 6.01. The standard InChI is InChI=1S/C11H14N6O/c1-5-6(2)14-15-8(5)13-11(18)10-12-9(16-17-10)7-3-4-7/h7H,3-4H2,1-2H3,(H,12,16,17)(H2,13,14,15,18). The molecule has 7 heteroatoms. The van der Waals surface area contributed by atoms with Crippen LogP contribution in [0.5, 0.6) is 0 Å². The number of H-pyrrole nitrogens is 2. The number of rotatable bonds is 3. The molecule has 3 rings (SSSR count). The minimum absolute atomic E-state index is 0.164. The number of carbonyl (C=O) groups is 1. The monoisotopic (exact) mass is 246 g/mol. The third kappa shape index (κ3) is 1.87. The molecule has 2 aromatic heterocycles. The highest BCUT2D eigenvalue weighted by Crippen LogP contribution is 2.37. The summed E-state index contributed by atoms with van der Waals surface area (Å²) in [7, 11) is 0. The number of hydrogen-bond donors (Lipinski definition) is 3. The van der Waals surface area contributed by atoms with E-state index in [1.165, 1.54) is 0 Å². The van der Waals surface area contributed by atoms with Crippen molar-refractivity contribution < 1.29 is 4.79 Å². The molecule has 2 aromatic rings. The van der Waals surface area contributed by atoms with Crippen molar-refractivity contribution in [2.45, 2.75) is 32.6 Å². The quantitative estimate of drug-likeness (QED) is 0.759. The van der Waals surface area contributed by atoms with Crippen LogP contribution in [0, 0.1) is 13.8 Å². The lowest BCUT2D eigenvalue weighted by atomic mass is 10.3. The van der Waals surface area contributed by atoms with E-state index in [1.807, 2.05) is 13.8 Å². The van der Waals surface area contributed by atoms with Crippen LogP contribution in [0.3, 0.4) is 0 Å². The molecule has 0 saturated heterocycles. The summed E-state index contributed by atoms with van der Waals surface area (Å²) in [6.07, 6.45) is 2.24. The summed E-state index contributed by atoms with van der Waals surface area (Å²) in [5, 5.41) is 16.2. The first-order valence-electron chi connectivity index (χ1n) is 5.90. The van der Waals surface area contributed by atoms with Gasteiger partial charge in [0.15, 0.2) is 5.82 Å². The maximum Gasteiger partial charge on any atom is 0.296 e. The molecule has 94 valence electrons. The third-order valence-electron chi connectivity index (χ3n) is 3.15. The molecule has 3 N–H and O–H groups in total. The predicted octanol–water partition coefficient (Wildman–Crippen LogP) is 1.27. The molecule has 1 aliphatic rings. The fraction of sp³-hybridized carbons (Fsp3) is 0.455. The molecule has 0 spiro atoms. The smallest absolute Gasteiger partial charge is 0.296 e. The van der Waals surface area contributed by atoms with E-state index in [2.05, 4.69) is 30.7 Å². The Hall–Kier alpha value is -2.18. The number of aryl methyl sites for hydroxylation is 1. The highest BCUT2D eigenvalue weighted by atomic mass is 16.2. The van der Waals surface area contributed by atoms with Gasteiger partial charge in [-0.05, 0) is 26.7 Å². The number of anilines is 1. The van der Waals surface area contributed by atoms with Crippen molar-refractivity contribution in [3.05, 3.63) is 22.9 Å². The first kappa shape index (κ1) is 10.9. The van der Waals surface area contributed by atoms with Gasteiger partial charge in [0, 0.05) is 17.2 Å². The molecule has 1 saturated carbocycles. The summed E-state index contributed by atoms with van der Waals surface area (Å²) < 4.78 is 0. The number of nitrogens with zero attached hydrogens (tertiary/aromatic N) is 3. The molecule has 0 aromatic carbocycles. The molecule has 0 bridgehead atoms. The van der Waals surface area contributed by atoms with Crippen molar-refractivity contribution in [2.24, 2.45) is 0 Å². The van der Waals surface area contributed by atoms with E-state index in [1.54, 1.807) is 0 Å². The van der Waals surface area contributed by atoms with Gasteiger partial charge in [0.05, 0.1) is 0 Å². The van der Waals surface area contributed by atoms with E-state index in [0.717, 1.165) is 29.9 Å². The van der Waals surface area contributed by atoms with E-state index in [4.69, 9.17) is 0 Å². The van der Waals surface area contributed by atoms with E-state index >= 15 is 0 Å². The molecule has 0 aliphatic heterocycles. The number of amides is 1. The Kier molecular flexibility index (Phi) is 2.39. The van der Waals surface area contributed by atoms with Crippen molar-refractivity contribution in [3.8, 4) is 0 Å². The molecule has 0 radical (unpaired) electrons. The van der Waals surface area contributed by atoms with E-state index in [9.17, 15) is 4.79 Å². The Labute approximate surface area is 103 Å². The largest absolute Gasteiger partial charge is 0.302 e. The molecular weight excluding hydrogens is 232 g/mol. The summed E-state index contributed by atoms with van der Waals surface area (Å²) in [5.74, 6) is 1.60. The van der Waals surface area contributed by atoms with Crippen LogP contribution in [0.15, 0.2) is 0 Å². The maximum absolute atomic E-state index is 11.9. The summed E-state index contributed by atoms with van der Waals surface area (Å²) in [6.45, 7) is 3.79. The third-order valence-corrected chi connectivity index (χ3v) is 3.15. The molecule has 2 heterocycles. The molecule has 1 fully saturated rings. The van der Waals surface area contributed by atoms with Crippen LogP contribution in [0.2, 0.25) is 0 Å². The second-order valence-electron chi connectivity index (χ2n) is 4.59. The lowest BCUT2D eigenvalue weighted by Crippen LogP contribution is -2.14. The first-order chi connectivity index (χ1) is 8.65. The van der Waals surface area contributed by atoms with Gasteiger partial charge in [-0.25, -0.2) is 4.98 Å². The fourth-order valence-corrected chi connectivity index (χ4v) is 1.69. The van der Waals surface area contributed by atoms with E-state index in [0.29, 0.717) is 11.7 Å². The van der Waals surface area contributed by atoms with Gasteiger partial charge in [0.1, 0.15) is 5.82 Å². The van der Waals surface area contributed by atoms with Crippen LogP contribution >= 0.6 is 0 Å². The predicted molar refractivity (Wildman–Crippen MR) is 64.4 cm³/mol. The molecule has 0 atom stereocenters. The molecule has 0 unspecified atom stereocenters. The molecule has 18 heavy (non-hydrogen) atoms. The van der Waals surface area contributed by atoms with Crippen LogP contribution in [0.25, 0.3) is 0 Å². The molecule has 1 amide bonds. The SMILES string of the molecule is Cc1[nH]nc(NC(=O)c2n[nH]c(C3CC3)n2)c1C. The van der Waals surface area contributed by atoms with Gasteiger partial charge in [-0.2, -0.15) is 5.10 Å². The molecule has 1 aliphatic carbocycles. The minimum atomic E-state index is -0.340. The topological polar surface area (TPSA) is 99.4 Å². The second kappa shape index (κ2) is 3.94. The van der Waals surface area contributed by atoms with Gasteiger partial charge >= 0.3 is 0 Å². The first-order valence-corrected chi connectivity index (χ1v) is 5.90. The Bertz CT molecular complexity index is 594. The number of hydrogen-bond acceptors (Lipinski definition) is 4. The highest BCUT2D eigenvalue weighted by Gasteiger charge is 2.28. The van der Waals surface area contributed by atoms with Gasteiger partial charge < -0.3 is 5.32 Å². The Morgan fingerprint density at radius 2 is 2.06 bits per heavy atom. The zero-order chi connectivity index (χ0) is 12.7. The Morgan fingerprint density at radius 1 is 1.28 bits per heavy atom. The number of nitrogens with one attached hydrogen (secondary N) is 3. The second-order valence-corrected chi connectivity index (χ2v) is 4.59. The van der Waals surface area contributed by atoms with Crippen molar-refractivity contribution in [3.63, 3.8) is 0 Å². The minimum Gasteiger partial charge on any atom is -0.302 e. The summed E-state index contributed by atoms with van der Waals surface area (Å²) in [4.78, 5) is 16.1. The van der Waals surface area contributed by atoms with Crippen molar-refractivity contribution in [1.82, 2.24) is 25.4 Å². The average Bonchev–Trinajstić information content (AvgIpc) is 3.02. The van der Waals surface area contributed by atoms with E-state index < -0.39 is 0 Å². The lowest BCUT2D eigenvalue weighted by Gasteiger charge is -1.98. The van der Waals surface area contributed by atoms with Crippen LogP contribution in [0.1, 0.15) is 46.5 Å². The van der Waals surface area contributed by atoms with Crippen molar-refractivity contribution in [2.75, 3.05) is 5.32 Å². The molecule has 7 nitrogen and oxygen atoms in total. The zero-order valence-electron chi connectivity index (χ0n) is 10.2.